The van der Waals surface area contributed by atoms with Crippen LogP contribution in [0.25, 0.3) is 11.1 Å². The lowest BCUT2D eigenvalue weighted by atomic mass is 9.90. The van der Waals surface area contributed by atoms with E-state index in [0.29, 0.717) is 68.8 Å². The van der Waals surface area contributed by atoms with Crippen LogP contribution in [0.5, 0.6) is 0 Å². The maximum atomic E-state index is 13.9. The van der Waals surface area contributed by atoms with Crippen LogP contribution in [0, 0.1) is 5.92 Å². The monoisotopic (exact) mass is 602 g/mol. The lowest BCUT2D eigenvalue weighted by Gasteiger charge is -2.26. The van der Waals surface area contributed by atoms with Gasteiger partial charge in [0.2, 0.25) is 17.6 Å². The number of rotatable bonds is 15. The number of nitrogens with two attached hydrogens (primary N) is 1. The zero-order valence-corrected chi connectivity index (χ0v) is 25.6. The molecule has 0 bridgehead atoms. The minimum absolute atomic E-state index is 0.0294. The molecule has 2 fully saturated rings. The number of fused-ring (bicyclic) bond motifs is 1. The van der Waals surface area contributed by atoms with Crippen molar-refractivity contribution in [2.75, 3.05) is 19.7 Å². The number of aryl methyl sites for hydroxylation is 1. The van der Waals surface area contributed by atoms with Gasteiger partial charge in [0.1, 0.15) is 11.6 Å². The van der Waals surface area contributed by atoms with Crippen molar-refractivity contribution in [2.45, 2.75) is 95.2 Å². The highest BCUT2D eigenvalue weighted by Crippen LogP contribution is 2.28. The molecule has 1 aliphatic carbocycles. The molecule has 0 radical (unpaired) electrons. The van der Waals surface area contributed by atoms with Crippen molar-refractivity contribution < 1.29 is 23.5 Å². The smallest absolute Gasteiger partial charge is 0.266 e. The molecule has 44 heavy (non-hydrogen) atoms. The fourth-order valence-corrected chi connectivity index (χ4v) is 6.46. The second-order valence-corrected chi connectivity index (χ2v) is 12.3. The highest BCUT2D eigenvalue weighted by Gasteiger charge is 2.41. The van der Waals surface area contributed by atoms with Crippen LogP contribution in [0.1, 0.15) is 86.9 Å². The molecular formula is C35H46N4O5. The zero-order valence-electron chi connectivity index (χ0n) is 25.6. The highest BCUT2D eigenvalue weighted by atomic mass is 16.5. The summed E-state index contributed by atoms with van der Waals surface area (Å²) in [5, 5.41) is 2.97. The minimum Gasteiger partial charge on any atom is -0.434 e. The number of unbranched alkanes of at least 4 members (excludes halogenated alkanes) is 1. The summed E-state index contributed by atoms with van der Waals surface area (Å²) in [7, 11) is 0. The number of ketones is 1. The number of nitrogens with one attached hydrogen (secondary N) is 1. The van der Waals surface area contributed by atoms with E-state index in [1.807, 2.05) is 30.3 Å². The predicted molar refractivity (Wildman–Crippen MR) is 169 cm³/mol. The number of Topliss-reactive ketones (excluding diaryl/α,β-unsaturated/α-hetero) is 1. The molecule has 9 heteroatoms. The second-order valence-electron chi connectivity index (χ2n) is 12.3. The third-order valence-corrected chi connectivity index (χ3v) is 8.96. The Morgan fingerprint density at radius 1 is 1.00 bits per heavy atom. The van der Waals surface area contributed by atoms with Crippen LogP contribution in [0.4, 0.5) is 0 Å². The van der Waals surface area contributed by atoms with Crippen molar-refractivity contribution in [1.82, 2.24) is 15.2 Å². The largest absolute Gasteiger partial charge is 0.434 e. The second kappa shape index (κ2) is 16.0. The number of amides is 2. The molecule has 1 saturated carbocycles. The Hall–Kier alpha value is -3.56. The molecule has 2 heterocycles. The molecule has 9 nitrogen and oxygen atoms in total. The summed E-state index contributed by atoms with van der Waals surface area (Å²) in [6.45, 7) is 1.53. The third kappa shape index (κ3) is 8.54. The molecule has 1 saturated heterocycles. The van der Waals surface area contributed by atoms with Crippen LogP contribution in [0.15, 0.2) is 59.0 Å². The molecule has 0 spiro atoms. The summed E-state index contributed by atoms with van der Waals surface area (Å²) in [6, 6.07) is 15.8. The number of aromatic nitrogens is 1. The fourth-order valence-electron chi connectivity index (χ4n) is 6.46. The van der Waals surface area contributed by atoms with Gasteiger partial charge in [-0.15, -0.1) is 0 Å². The molecule has 2 aromatic carbocycles. The Balaban J connectivity index is 1.27. The molecule has 3 atom stereocenters. The lowest BCUT2D eigenvalue weighted by molar-refractivity contribution is -0.138. The van der Waals surface area contributed by atoms with E-state index in [2.05, 4.69) is 22.4 Å². The maximum Gasteiger partial charge on any atom is 0.266 e. The van der Waals surface area contributed by atoms with E-state index in [-0.39, 0.29) is 29.6 Å². The Morgan fingerprint density at radius 2 is 1.77 bits per heavy atom. The minimum atomic E-state index is -0.834. The van der Waals surface area contributed by atoms with E-state index < -0.39 is 12.1 Å². The molecule has 0 unspecified atom stereocenters. The zero-order chi connectivity index (χ0) is 30.7. The number of nitrogens with zero attached hydrogens (tertiary/aromatic N) is 2. The summed E-state index contributed by atoms with van der Waals surface area (Å²) >= 11 is 0. The molecule has 5 rings (SSSR count). The number of oxazole rings is 1. The van der Waals surface area contributed by atoms with E-state index in [1.165, 1.54) is 37.7 Å². The average Bonchev–Trinajstić information content (AvgIpc) is 3.69. The Morgan fingerprint density at radius 3 is 2.55 bits per heavy atom. The predicted octanol–water partition coefficient (Wildman–Crippen LogP) is 5.21. The van der Waals surface area contributed by atoms with Crippen molar-refractivity contribution in [3.8, 4) is 0 Å². The summed E-state index contributed by atoms with van der Waals surface area (Å²) < 4.78 is 12.1. The van der Waals surface area contributed by atoms with E-state index in [0.717, 1.165) is 12.8 Å². The van der Waals surface area contributed by atoms with Crippen molar-refractivity contribution in [2.24, 2.45) is 11.7 Å². The van der Waals surface area contributed by atoms with Gasteiger partial charge in [-0.25, -0.2) is 4.98 Å². The fraction of sp³-hybridized carbons (Fsp3) is 0.543. The normalized spacial score (nSPS) is 19.7. The molecule has 1 aromatic heterocycles. The average molecular weight is 603 g/mol. The number of hydrogen-bond acceptors (Lipinski definition) is 7. The van der Waals surface area contributed by atoms with Crippen LogP contribution in [-0.4, -0.2) is 65.4 Å². The summed E-state index contributed by atoms with van der Waals surface area (Å²) in [5.41, 5.74) is 8.01. The van der Waals surface area contributed by atoms with Crippen molar-refractivity contribution >= 4 is 28.7 Å². The van der Waals surface area contributed by atoms with Gasteiger partial charge in [-0.05, 0) is 75.1 Å². The van der Waals surface area contributed by atoms with Crippen LogP contribution in [-0.2, 0) is 20.7 Å². The van der Waals surface area contributed by atoms with Gasteiger partial charge in [0.05, 0.1) is 12.1 Å². The van der Waals surface area contributed by atoms with Gasteiger partial charge in [0.15, 0.2) is 5.58 Å². The van der Waals surface area contributed by atoms with E-state index >= 15 is 0 Å². The first kappa shape index (κ1) is 31.9. The standard InChI is InChI=1S/C35H46N4O5/c36-21-10-9-18-29(33(41)35-38-28-17-7-8-19-31(28)44-35)37-34(42)30-22-27(43-24-26-14-5-2-6-15-26)23-39(30)32(40)20-11-16-25-12-3-1-4-13-25/h1,3-4,7-8,12-13,17,19,26-27,29-30H,2,5-6,9-11,14-16,18,20-24,36H2,(H,37,42)/t27-,29+,30+/m1/s1. The molecule has 3 N–H and O–H groups in total. The molecule has 236 valence electrons. The van der Waals surface area contributed by atoms with Crippen molar-refractivity contribution in [3.63, 3.8) is 0 Å². The number of likely N-dealkylation sites (tertiary alicyclic amines) is 1. The van der Waals surface area contributed by atoms with Gasteiger partial charge in [-0.3, -0.25) is 14.4 Å². The molecular weight excluding hydrogens is 556 g/mol. The third-order valence-electron chi connectivity index (χ3n) is 8.96. The van der Waals surface area contributed by atoms with Crippen LogP contribution in [0.2, 0.25) is 0 Å². The van der Waals surface area contributed by atoms with Crippen molar-refractivity contribution in [1.29, 1.82) is 0 Å². The number of carbonyl (C=O) groups is 3. The van der Waals surface area contributed by atoms with Crippen LogP contribution < -0.4 is 11.1 Å². The number of benzene rings is 2. The highest BCUT2D eigenvalue weighted by molar-refractivity contribution is 6.01. The molecule has 1 aliphatic heterocycles. The van der Waals surface area contributed by atoms with Crippen molar-refractivity contribution in [3.05, 3.63) is 66.1 Å². The number of carbonyl (C=O) groups excluding carboxylic acids is 3. The van der Waals surface area contributed by atoms with Gasteiger partial charge in [-0.2, -0.15) is 0 Å². The van der Waals surface area contributed by atoms with E-state index in [9.17, 15) is 14.4 Å². The van der Waals surface area contributed by atoms with E-state index in [4.69, 9.17) is 14.9 Å². The van der Waals surface area contributed by atoms with Gasteiger partial charge < -0.3 is 25.1 Å². The first-order valence-corrected chi connectivity index (χ1v) is 16.4. The first-order valence-electron chi connectivity index (χ1n) is 16.4. The van der Waals surface area contributed by atoms with Crippen LogP contribution in [0.3, 0.4) is 0 Å². The number of ether oxygens (including phenoxy) is 1. The van der Waals surface area contributed by atoms with Gasteiger partial charge >= 0.3 is 0 Å². The van der Waals surface area contributed by atoms with Crippen LogP contribution >= 0.6 is 0 Å². The molecule has 3 aromatic rings. The van der Waals surface area contributed by atoms with Gasteiger partial charge in [-0.1, -0.05) is 61.7 Å². The van der Waals surface area contributed by atoms with E-state index in [1.54, 1.807) is 17.0 Å². The molecule has 2 amide bonds. The first-order chi connectivity index (χ1) is 21.5. The SMILES string of the molecule is NCCCC[C@H](NC(=O)[C@@H]1C[C@@H](OCC2CCCCC2)CN1C(=O)CCCc1ccccc1)C(=O)c1nc2ccccc2o1. The Kier molecular flexibility index (Phi) is 11.5. The number of para-hydroxylation sites is 2. The topological polar surface area (TPSA) is 128 Å². The summed E-state index contributed by atoms with van der Waals surface area (Å²) in [4.78, 5) is 47.0. The van der Waals surface area contributed by atoms with Gasteiger partial charge in [0.25, 0.3) is 5.89 Å². The lowest BCUT2D eigenvalue weighted by Crippen LogP contribution is -2.51. The number of hydrogen-bond donors (Lipinski definition) is 2. The Bertz CT molecular complexity index is 1340. The summed E-state index contributed by atoms with van der Waals surface area (Å²) in [5.74, 6) is -0.275. The quantitative estimate of drug-likeness (QED) is 0.180. The molecule has 2 aliphatic rings. The van der Waals surface area contributed by atoms with Gasteiger partial charge in [0, 0.05) is 26.0 Å². The summed E-state index contributed by atoms with van der Waals surface area (Å²) in [6.07, 6.45) is 9.89. The maximum absolute atomic E-state index is 13.9. The Labute approximate surface area is 259 Å².